The third kappa shape index (κ3) is 5.62. The van der Waals surface area contributed by atoms with Gasteiger partial charge in [-0.05, 0) is 53.6 Å². The van der Waals surface area contributed by atoms with Crippen LogP contribution in [0.25, 0.3) is 0 Å². The maximum absolute atomic E-state index is 12.7. The fourth-order valence-corrected chi connectivity index (χ4v) is 4.43. The van der Waals surface area contributed by atoms with Gasteiger partial charge < -0.3 is 0 Å². The third-order valence-corrected chi connectivity index (χ3v) is 6.83. The number of nitrogens with two attached hydrogens (primary N) is 1. The highest BCUT2D eigenvalue weighted by Gasteiger charge is 2.21. The summed E-state index contributed by atoms with van der Waals surface area (Å²) in [7, 11) is -7.37. The first-order valence-corrected chi connectivity index (χ1v) is 11.6. The molecule has 27 heavy (non-hydrogen) atoms. The summed E-state index contributed by atoms with van der Waals surface area (Å²) in [6, 6.07) is 11.6. The maximum atomic E-state index is 12.7. The molecule has 0 aliphatic rings. The summed E-state index contributed by atoms with van der Waals surface area (Å²) in [5, 5.41) is 5.07. The normalized spacial score (nSPS) is 12.9. The second kappa shape index (κ2) is 7.71. The standard InChI is InChI=1S/C19H26N2O4S2/c1-14-5-8-16(19(2,3)4)13-18(14)27(24,25)21-12-11-15-6-9-17(10-7-15)26(20,22)23/h5-10,13,21H,11-12H2,1-4H3,(H2,20,22,23). The van der Waals surface area contributed by atoms with E-state index in [1.165, 1.54) is 12.1 Å². The van der Waals surface area contributed by atoms with E-state index in [4.69, 9.17) is 5.14 Å². The van der Waals surface area contributed by atoms with Gasteiger partial charge in [0.15, 0.2) is 0 Å². The summed E-state index contributed by atoms with van der Waals surface area (Å²) in [5.41, 5.74) is 2.30. The lowest BCUT2D eigenvalue weighted by atomic mass is 9.87. The van der Waals surface area contributed by atoms with Crippen molar-refractivity contribution in [3.8, 4) is 0 Å². The molecular formula is C19H26N2O4S2. The van der Waals surface area contributed by atoms with Crippen LogP contribution in [0.1, 0.15) is 37.5 Å². The average molecular weight is 411 g/mol. The molecule has 0 heterocycles. The van der Waals surface area contributed by atoms with E-state index in [-0.39, 0.29) is 21.8 Å². The molecule has 6 nitrogen and oxygen atoms in total. The van der Waals surface area contributed by atoms with Crippen molar-refractivity contribution >= 4 is 20.0 Å². The van der Waals surface area contributed by atoms with E-state index in [0.29, 0.717) is 12.0 Å². The second-order valence-electron chi connectivity index (χ2n) is 7.57. The first kappa shape index (κ1) is 21.6. The SMILES string of the molecule is Cc1ccc(C(C)(C)C)cc1S(=O)(=O)NCCc1ccc(S(N)(=O)=O)cc1. The van der Waals surface area contributed by atoms with Gasteiger partial charge in [0, 0.05) is 6.54 Å². The van der Waals surface area contributed by atoms with Crippen LogP contribution in [0.15, 0.2) is 52.3 Å². The van der Waals surface area contributed by atoms with Gasteiger partial charge in [0.25, 0.3) is 0 Å². The highest BCUT2D eigenvalue weighted by Crippen LogP contribution is 2.26. The van der Waals surface area contributed by atoms with Crippen LogP contribution in [-0.2, 0) is 31.9 Å². The monoisotopic (exact) mass is 410 g/mol. The van der Waals surface area contributed by atoms with E-state index >= 15 is 0 Å². The number of nitrogens with one attached hydrogen (secondary N) is 1. The summed E-state index contributed by atoms with van der Waals surface area (Å²) in [4.78, 5) is 0.306. The van der Waals surface area contributed by atoms with Crippen molar-refractivity contribution in [1.29, 1.82) is 0 Å². The molecule has 0 saturated heterocycles. The number of rotatable bonds is 6. The first-order chi connectivity index (χ1) is 12.3. The molecule has 148 valence electrons. The molecule has 2 rings (SSSR count). The number of sulfonamides is 2. The summed E-state index contributed by atoms with van der Waals surface area (Å²) in [6.07, 6.45) is 0.433. The quantitative estimate of drug-likeness (QED) is 0.763. The average Bonchev–Trinajstić information content (AvgIpc) is 2.53. The van der Waals surface area contributed by atoms with Gasteiger partial charge in [-0.15, -0.1) is 0 Å². The zero-order valence-corrected chi connectivity index (χ0v) is 17.6. The van der Waals surface area contributed by atoms with Crippen LogP contribution in [0.5, 0.6) is 0 Å². The Kier molecular flexibility index (Phi) is 6.16. The minimum Gasteiger partial charge on any atom is -0.225 e. The zero-order valence-electron chi connectivity index (χ0n) is 16.0. The van der Waals surface area contributed by atoms with Crippen molar-refractivity contribution in [2.24, 2.45) is 5.14 Å². The van der Waals surface area contributed by atoms with Gasteiger partial charge in [-0.2, -0.15) is 0 Å². The second-order valence-corrected chi connectivity index (χ2v) is 10.9. The molecule has 8 heteroatoms. The van der Waals surface area contributed by atoms with E-state index in [1.54, 1.807) is 25.1 Å². The van der Waals surface area contributed by atoms with Gasteiger partial charge in [-0.3, -0.25) is 0 Å². The van der Waals surface area contributed by atoms with Gasteiger partial charge in [-0.25, -0.2) is 26.7 Å². The van der Waals surface area contributed by atoms with Crippen LogP contribution in [0, 0.1) is 6.92 Å². The molecule has 0 aliphatic heterocycles. The molecule has 0 fully saturated rings. The number of benzene rings is 2. The number of aryl methyl sites for hydroxylation is 1. The Morgan fingerprint density at radius 1 is 0.963 bits per heavy atom. The van der Waals surface area contributed by atoms with Crippen LogP contribution >= 0.6 is 0 Å². The topological polar surface area (TPSA) is 106 Å². The molecule has 0 unspecified atom stereocenters. The zero-order chi connectivity index (χ0) is 20.5. The third-order valence-electron chi connectivity index (χ3n) is 4.30. The van der Waals surface area contributed by atoms with Crippen molar-refractivity contribution in [3.63, 3.8) is 0 Å². The largest absolute Gasteiger partial charge is 0.240 e. The number of hydrogen-bond donors (Lipinski definition) is 2. The molecule has 0 spiro atoms. The predicted molar refractivity (Wildman–Crippen MR) is 107 cm³/mol. The lowest BCUT2D eigenvalue weighted by Gasteiger charge is -2.21. The predicted octanol–water partition coefficient (Wildman–Crippen LogP) is 2.46. The van der Waals surface area contributed by atoms with Crippen molar-refractivity contribution in [2.45, 2.75) is 49.3 Å². The number of hydrogen-bond acceptors (Lipinski definition) is 4. The molecule has 0 radical (unpaired) electrons. The van der Waals surface area contributed by atoms with Gasteiger partial charge in [0.05, 0.1) is 9.79 Å². The Balaban J connectivity index is 2.11. The minimum absolute atomic E-state index is 0.0291. The van der Waals surface area contributed by atoms with Crippen molar-refractivity contribution in [1.82, 2.24) is 4.72 Å². The van der Waals surface area contributed by atoms with Crippen LogP contribution in [0.3, 0.4) is 0 Å². The molecule has 2 aromatic rings. The van der Waals surface area contributed by atoms with E-state index in [9.17, 15) is 16.8 Å². The summed E-state index contributed by atoms with van der Waals surface area (Å²) >= 11 is 0. The highest BCUT2D eigenvalue weighted by molar-refractivity contribution is 7.89. The smallest absolute Gasteiger partial charge is 0.225 e. The van der Waals surface area contributed by atoms with Crippen molar-refractivity contribution in [3.05, 3.63) is 59.2 Å². The Labute approximate surface area is 161 Å². The Bertz CT molecular complexity index is 1020. The van der Waals surface area contributed by atoms with Gasteiger partial charge >= 0.3 is 0 Å². The molecule has 0 bridgehead atoms. The highest BCUT2D eigenvalue weighted by atomic mass is 32.2. The fraction of sp³-hybridized carbons (Fsp3) is 0.368. The summed E-state index contributed by atoms with van der Waals surface area (Å²) in [5.74, 6) is 0. The molecular weight excluding hydrogens is 384 g/mol. The van der Waals surface area contributed by atoms with Crippen LogP contribution in [0.2, 0.25) is 0 Å². The molecule has 3 N–H and O–H groups in total. The van der Waals surface area contributed by atoms with Crippen LogP contribution in [-0.4, -0.2) is 23.4 Å². The Morgan fingerprint density at radius 2 is 1.56 bits per heavy atom. The summed E-state index contributed by atoms with van der Waals surface area (Å²) < 4.78 is 50.5. The minimum atomic E-state index is -3.73. The van der Waals surface area contributed by atoms with Gasteiger partial charge in [0.1, 0.15) is 0 Å². The molecule has 0 aliphatic carbocycles. The lowest BCUT2D eigenvalue weighted by Crippen LogP contribution is -2.27. The van der Waals surface area contributed by atoms with E-state index in [1.807, 2.05) is 32.9 Å². The Hall–Kier alpha value is -1.74. The number of primary sulfonamides is 1. The van der Waals surface area contributed by atoms with Crippen LogP contribution < -0.4 is 9.86 Å². The molecule has 0 amide bonds. The van der Waals surface area contributed by atoms with E-state index in [2.05, 4.69) is 4.72 Å². The van der Waals surface area contributed by atoms with Crippen molar-refractivity contribution in [2.75, 3.05) is 6.54 Å². The van der Waals surface area contributed by atoms with E-state index in [0.717, 1.165) is 11.1 Å². The van der Waals surface area contributed by atoms with E-state index < -0.39 is 20.0 Å². The lowest BCUT2D eigenvalue weighted by molar-refractivity contribution is 0.575. The van der Waals surface area contributed by atoms with Crippen LogP contribution in [0.4, 0.5) is 0 Å². The van der Waals surface area contributed by atoms with Crippen molar-refractivity contribution < 1.29 is 16.8 Å². The molecule has 2 aromatic carbocycles. The molecule has 0 aromatic heterocycles. The molecule has 0 atom stereocenters. The summed E-state index contributed by atoms with van der Waals surface area (Å²) in [6.45, 7) is 8.08. The fourth-order valence-electron chi connectivity index (χ4n) is 2.61. The molecule has 0 saturated carbocycles. The first-order valence-electron chi connectivity index (χ1n) is 8.53. The van der Waals surface area contributed by atoms with Gasteiger partial charge in [0.2, 0.25) is 20.0 Å². The maximum Gasteiger partial charge on any atom is 0.240 e. The Morgan fingerprint density at radius 3 is 2.07 bits per heavy atom. The van der Waals surface area contributed by atoms with Gasteiger partial charge in [-0.1, -0.05) is 45.0 Å².